The number of hydrogen-bond acceptors (Lipinski definition) is 3. The van der Waals surface area contributed by atoms with Crippen LogP contribution in [0.1, 0.15) is 37.1 Å². The molecule has 24 heavy (non-hydrogen) atoms. The van der Waals surface area contributed by atoms with Crippen LogP contribution in [0.4, 0.5) is 10.5 Å². The van der Waals surface area contributed by atoms with Gasteiger partial charge >= 0.3 is 6.03 Å². The van der Waals surface area contributed by atoms with E-state index in [1.165, 1.54) is 5.56 Å². The molecule has 0 aliphatic carbocycles. The van der Waals surface area contributed by atoms with E-state index >= 15 is 0 Å². The maximum Gasteiger partial charge on any atom is 0.321 e. The summed E-state index contributed by atoms with van der Waals surface area (Å²) in [5.74, 6) is 1.36. The van der Waals surface area contributed by atoms with E-state index in [-0.39, 0.29) is 6.03 Å². The summed E-state index contributed by atoms with van der Waals surface area (Å²) in [5, 5.41) is 10.2. The molecule has 0 bridgehead atoms. The van der Waals surface area contributed by atoms with Crippen LogP contribution in [0.15, 0.2) is 24.3 Å². The quantitative estimate of drug-likeness (QED) is 0.834. The van der Waals surface area contributed by atoms with E-state index in [0.717, 1.165) is 44.0 Å². The fourth-order valence-corrected chi connectivity index (χ4v) is 3.40. The second-order valence-electron chi connectivity index (χ2n) is 6.19. The summed E-state index contributed by atoms with van der Waals surface area (Å²) in [7, 11) is 0. The lowest BCUT2D eigenvalue weighted by molar-refractivity contribution is 0.193. The second-order valence-corrected chi connectivity index (χ2v) is 6.58. The molecule has 7 heteroatoms. The van der Waals surface area contributed by atoms with Crippen LogP contribution >= 0.6 is 12.2 Å². The van der Waals surface area contributed by atoms with Gasteiger partial charge in [-0.3, -0.25) is 5.10 Å². The number of carbonyl (C=O) groups is 1. The van der Waals surface area contributed by atoms with Crippen molar-refractivity contribution in [1.29, 1.82) is 0 Å². The van der Waals surface area contributed by atoms with Crippen molar-refractivity contribution in [2.75, 3.05) is 18.4 Å². The van der Waals surface area contributed by atoms with E-state index in [1.807, 2.05) is 40.7 Å². The van der Waals surface area contributed by atoms with Crippen molar-refractivity contribution in [3.8, 4) is 0 Å². The molecule has 1 aromatic carbocycles. The van der Waals surface area contributed by atoms with E-state index in [9.17, 15) is 4.79 Å². The number of benzene rings is 1. The molecular weight excluding hydrogens is 322 g/mol. The number of nitrogens with one attached hydrogen (secondary N) is 2. The first-order valence-corrected chi connectivity index (χ1v) is 8.77. The molecule has 128 valence electrons. The average molecular weight is 345 g/mol. The van der Waals surface area contributed by atoms with Gasteiger partial charge in [-0.25, -0.2) is 4.79 Å². The summed E-state index contributed by atoms with van der Waals surface area (Å²) in [4.78, 5) is 14.3. The van der Waals surface area contributed by atoms with Crippen molar-refractivity contribution in [1.82, 2.24) is 19.7 Å². The van der Waals surface area contributed by atoms with Gasteiger partial charge in [0.1, 0.15) is 5.82 Å². The number of carbonyl (C=O) groups excluding carboxylic acids is 1. The molecule has 0 radical (unpaired) electrons. The first-order chi connectivity index (χ1) is 11.6. The number of amides is 2. The molecule has 1 fully saturated rings. The van der Waals surface area contributed by atoms with Gasteiger partial charge in [-0.2, -0.15) is 5.10 Å². The van der Waals surface area contributed by atoms with Gasteiger partial charge in [-0.15, -0.1) is 0 Å². The zero-order valence-corrected chi connectivity index (χ0v) is 14.9. The van der Waals surface area contributed by atoms with Crippen molar-refractivity contribution in [3.05, 3.63) is 40.4 Å². The molecule has 1 saturated heterocycles. The molecule has 1 aliphatic rings. The number of aryl methyl sites for hydroxylation is 1. The summed E-state index contributed by atoms with van der Waals surface area (Å²) in [5.41, 5.74) is 2.01. The third-order valence-electron chi connectivity index (χ3n) is 4.55. The van der Waals surface area contributed by atoms with Gasteiger partial charge in [-0.1, -0.05) is 17.7 Å². The van der Waals surface area contributed by atoms with E-state index in [2.05, 4.69) is 22.4 Å². The maximum atomic E-state index is 12.4. The number of likely N-dealkylation sites (tertiary alicyclic amines) is 1. The van der Waals surface area contributed by atoms with Crippen LogP contribution in [-0.4, -0.2) is 38.8 Å². The fraction of sp³-hybridized carbons (Fsp3) is 0.471. The standard InChI is InChI=1S/C17H23N5OS/c1-3-22-15(19-20-17(22)24)13-8-10-21(11-9-13)16(23)18-14-6-4-12(2)5-7-14/h4-7,13H,3,8-11H2,1-2H3,(H,18,23)(H,20,24). The van der Waals surface area contributed by atoms with Gasteiger partial charge in [-0.05, 0) is 51.0 Å². The molecule has 2 N–H and O–H groups in total. The summed E-state index contributed by atoms with van der Waals surface area (Å²) in [6.07, 6.45) is 1.81. The topological polar surface area (TPSA) is 66.0 Å². The third kappa shape index (κ3) is 3.51. The molecule has 0 spiro atoms. The van der Waals surface area contributed by atoms with Gasteiger partial charge in [0.15, 0.2) is 4.77 Å². The molecule has 0 atom stereocenters. The van der Waals surface area contributed by atoms with Crippen molar-refractivity contribution in [2.45, 2.75) is 39.2 Å². The second kappa shape index (κ2) is 7.17. The van der Waals surface area contributed by atoms with Gasteiger partial charge in [0.2, 0.25) is 0 Å². The summed E-state index contributed by atoms with van der Waals surface area (Å²) >= 11 is 5.26. The Balaban J connectivity index is 1.59. The first kappa shape index (κ1) is 16.7. The molecule has 1 aromatic heterocycles. The minimum Gasteiger partial charge on any atom is -0.324 e. The Bertz CT molecular complexity index is 756. The Labute approximate surface area is 146 Å². The van der Waals surface area contributed by atoms with E-state index < -0.39 is 0 Å². The van der Waals surface area contributed by atoms with E-state index in [1.54, 1.807) is 0 Å². The lowest BCUT2D eigenvalue weighted by atomic mass is 9.96. The molecule has 1 aliphatic heterocycles. The molecule has 3 rings (SSSR count). The fourth-order valence-electron chi connectivity index (χ4n) is 3.13. The number of nitrogens with zero attached hydrogens (tertiary/aromatic N) is 3. The molecule has 0 saturated carbocycles. The smallest absolute Gasteiger partial charge is 0.321 e. The average Bonchev–Trinajstić information content (AvgIpc) is 2.97. The van der Waals surface area contributed by atoms with Crippen LogP contribution in [0.25, 0.3) is 0 Å². The van der Waals surface area contributed by atoms with Gasteiger partial charge in [0, 0.05) is 31.2 Å². The molecule has 2 aromatic rings. The number of hydrogen-bond donors (Lipinski definition) is 2. The van der Waals surface area contributed by atoms with Crippen LogP contribution < -0.4 is 5.32 Å². The van der Waals surface area contributed by atoms with E-state index in [4.69, 9.17) is 12.2 Å². The Morgan fingerprint density at radius 2 is 2.00 bits per heavy atom. The summed E-state index contributed by atoms with van der Waals surface area (Å²) < 4.78 is 2.72. The number of rotatable bonds is 3. The molecule has 6 nitrogen and oxygen atoms in total. The Hall–Kier alpha value is -2.15. The lowest BCUT2D eigenvalue weighted by Gasteiger charge is -2.31. The Kier molecular flexibility index (Phi) is 4.99. The van der Waals surface area contributed by atoms with E-state index in [0.29, 0.717) is 10.7 Å². The van der Waals surface area contributed by atoms with Crippen LogP contribution in [0.5, 0.6) is 0 Å². The van der Waals surface area contributed by atoms with Crippen LogP contribution in [0.2, 0.25) is 0 Å². The van der Waals surface area contributed by atoms with Crippen molar-refractivity contribution >= 4 is 23.9 Å². The van der Waals surface area contributed by atoms with Crippen LogP contribution in [-0.2, 0) is 6.54 Å². The Morgan fingerprint density at radius 1 is 1.33 bits per heavy atom. The van der Waals surface area contributed by atoms with Gasteiger partial charge in [0.25, 0.3) is 0 Å². The molecule has 0 unspecified atom stereocenters. The summed E-state index contributed by atoms with van der Waals surface area (Å²) in [6, 6.07) is 7.81. The largest absolute Gasteiger partial charge is 0.324 e. The SMILES string of the molecule is CCn1c(C2CCN(C(=O)Nc3ccc(C)cc3)CC2)n[nH]c1=S. The van der Waals surface area contributed by atoms with Gasteiger partial charge in [0.05, 0.1) is 0 Å². The number of H-pyrrole nitrogens is 1. The van der Waals surface area contributed by atoms with Crippen molar-refractivity contribution < 1.29 is 4.79 Å². The highest BCUT2D eigenvalue weighted by atomic mass is 32.1. The highest BCUT2D eigenvalue weighted by Gasteiger charge is 2.26. The lowest BCUT2D eigenvalue weighted by Crippen LogP contribution is -2.40. The number of urea groups is 1. The molecule has 2 heterocycles. The number of aromatic amines is 1. The van der Waals surface area contributed by atoms with Crippen LogP contribution in [0.3, 0.4) is 0 Å². The maximum absolute atomic E-state index is 12.4. The normalized spacial score (nSPS) is 15.5. The molecule has 2 amide bonds. The monoisotopic (exact) mass is 345 g/mol. The zero-order valence-electron chi connectivity index (χ0n) is 14.1. The Morgan fingerprint density at radius 3 is 2.62 bits per heavy atom. The predicted molar refractivity (Wildman–Crippen MR) is 96.8 cm³/mol. The first-order valence-electron chi connectivity index (χ1n) is 8.36. The van der Waals surface area contributed by atoms with Crippen molar-refractivity contribution in [2.24, 2.45) is 0 Å². The molecular formula is C17H23N5OS. The summed E-state index contributed by atoms with van der Waals surface area (Å²) in [6.45, 7) is 6.37. The minimum atomic E-state index is -0.0355. The zero-order chi connectivity index (χ0) is 17.1. The highest BCUT2D eigenvalue weighted by Crippen LogP contribution is 2.27. The number of anilines is 1. The predicted octanol–water partition coefficient (Wildman–Crippen LogP) is 3.68. The van der Waals surface area contributed by atoms with Crippen LogP contribution in [0, 0.1) is 11.7 Å². The van der Waals surface area contributed by atoms with Crippen molar-refractivity contribution in [3.63, 3.8) is 0 Å². The minimum absolute atomic E-state index is 0.0355. The third-order valence-corrected chi connectivity index (χ3v) is 4.87. The number of aromatic nitrogens is 3. The number of piperidine rings is 1. The highest BCUT2D eigenvalue weighted by molar-refractivity contribution is 7.71. The van der Waals surface area contributed by atoms with Gasteiger partial charge < -0.3 is 14.8 Å².